The summed E-state index contributed by atoms with van der Waals surface area (Å²) in [7, 11) is 0. The van der Waals surface area contributed by atoms with Gasteiger partial charge in [-0.25, -0.2) is 0 Å². The van der Waals surface area contributed by atoms with Crippen molar-refractivity contribution >= 4 is 64.3 Å². The Kier molecular flexibility index (Phi) is 2.16. The first-order valence-electron chi connectivity index (χ1n) is 3.40. The van der Waals surface area contributed by atoms with E-state index in [4.69, 9.17) is 0 Å². The van der Waals surface area contributed by atoms with Crippen LogP contribution < -0.4 is 0 Å². The SMILES string of the molecule is b1bbc2bbbbc2b1. The summed E-state index contributed by atoms with van der Waals surface area (Å²) >= 11 is 0. The molecule has 0 aliphatic heterocycles. The zero-order chi connectivity index (χ0) is 6.81. The molecule has 0 amide bonds. The van der Waals surface area contributed by atoms with Gasteiger partial charge in [-0.3, -0.25) is 0 Å². The molecule has 2 aromatic heterocycles. The molecule has 0 atom stereocenters. The van der Waals surface area contributed by atoms with Gasteiger partial charge in [-0.05, 0) is 0 Å². The normalized spacial score (nSPS) is 6.80. The van der Waals surface area contributed by atoms with Crippen molar-refractivity contribution in [3.8, 4) is 0 Å². The van der Waals surface area contributed by atoms with Gasteiger partial charge in [0.25, 0.3) is 0 Å². The Morgan fingerprint density at radius 1 is 0.500 bits per heavy atom. The van der Waals surface area contributed by atoms with Crippen LogP contribution in [0.25, 0.3) is 10.4 Å². The molecule has 2 heterocycles. The van der Waals surface area contributed by atoms with Gasteiger partial charge in [-0.15, -0.1) is 0 Å². The van der Waals surface area contributed by atoms with Crippen LogP contribution in [0.2, 0.25) is 0 Å². The molecular formula is C2B8. The predicted molar refractivity (Wildman–Crippen MR) is 54.7 cm³/mol. The van der Waals surface area contributed by atoms with E-state index in [-0.39, 0.29) is 0 Å². The first kappa shape index (κ1) is 6.94. The quantitative estimate of drug-likeness (QED) is 0.353. The average Bonchev–Trinajstić information content (AvgIpc) is 2.05. The Hall–Kier alpha value is 0.259. The van der Waals surface area contributed by atoms with E-state index < -0.39 is 0 Å². The van der Waals surface area contributed by atoms with E-state index in [9.17, 15) is 0 Å². The maximum atomic E-state index is 2.12. The molecule has 2 rings (SSSR count). The van der Waals surface area contributed by atoms with Gasteiger partial charge in [-0.2, -0.15) is 0 Å². The minimum atomic E-state index is 1.31. The van der Waals surface area contributed by atoms with Crippen LogP contribution in [0.15, 0.2) is 0 Å². The third kappa shape index (κ3) is 1.31. The summed E-state index contributed by atoms with van der Waals surface area (Å²) in [6.07, 6.45) is 0. The average molecular weight is 111 g/mol. The Bertz CT molecular complexity index is 278. The summed E-state index contributed by atoms with van der Waals surface area (Å²) in [5.74, 6) is 0. The summed E-state index contributed by atoms with van der Waals surface area (Å²) in [5.41, 5.74) is 0. The van der Waals surface area contributed by atoms with Crippen LogP contribution in [0.1, 0.15) is 0 Å². The van der Waals surface area contributed by atoms with Crippen LogP contribution in [0.3, 0.4) is 0 Å². The second-order valence-electron chi connectivity index (χ2n) is 2.35. The molecule has 10 heavy (non-hydrogen) atoms. The molecule has 0 radical (unpaired) electrons. The molecule has 2 aromatic rings. The van der Waals surface area contributed by atoms with E-state index in [2.05, 4.69) is 53.9 Å². The van der Waals surface area contributed by atoms with Gasteiger partial charge < -0.3 is 0 Å². The molecule has 32 valence electrons. The summed E-state index contributed by atoms with van der Waals surface area (Å²) in [4.78, 5) is 0. The summed E-state index contributed by atoms with van der Waals surface area (Å²) in [5, 5.41) is 2.62. The molecule has 8 heteroatoms. The summed E-state index contributed by atoms with van der Waals surface area (Å²) < 4.78 is 0. The van der Waals surface area contributed by atoms with Crippen molar-refractivity contribution in [1.82, 2.24) is 0 Å². The van der Waals surface area contributed by atoms with E-state index in [1.165, 1.54) is 10.4 Å². The molecule has 0 N–H and O–H groups in total. The Labute approximate surface area is 64.8 Å². The number of fused-ring (bicyclic) bond motifs is 1. The van der Waals surface area contributed by atoms with Crippen molar-refractivity contribution in [2.75, 3.05) is 0 Å². The summed E-state index contributed by atoms with van der Waals surface area (Å²) in [6, 6.07) is 0. The molecule has 0 aliphatic rings. The van der Waals surface area contributed by atoms with E-state index in [0.29, 0.717) is 0 Å². The molecular weight excluding hydrogens is 111 g/mol. The number of rotatable bonds is 0. The molecule has 0 nitrogen and oxygen atoms in total. The zero-order valence-corrected chi connectivity index (χ0v) is 5.62. The van der Waals surface area contributed by atoms with Crippen LogP contribution in [0, 0.1) is 0 Å². The van der Waals surface area contributed by atoms with E-state index in [1.807, 2.05) is 0 Å². The van der Waals surface area contributed by atoms with Gasteiger partial charge in [0.1, 0.15) is 0 Å². The topological polar surface area (TPSA) is 0 Å². The molecule has 0 unspecified atom stereocenters. The molecule has 0 saturated carbocycles. The molecule has 0 spiro atoms. The number of hydrogen-bond acceptors (Lipinski definition) is 0. The van der Waals surface area contributed by atoms with E-state index >= 15 is 0 Å². The predicted octanol–water partition coefficient (Wildman–Crippen LogP) is -2.46. The Balaban J connectivity index is 2.89. The molecule has 0 aliphatic carbocycles. The number of hydrogen-bond donors (Lipinski definition) is 0. The van der Waals surface area contributed by atoms with Crippen LogP contribution in [0.5, 0.6) is 0 Å². The Morgan fingerprint density at radius 2 is 0.800 bits per heavy atom. The second-order valence-corrected chi connectivity index (χ2v) is 2.35. The van der Waals surface area contributed by atoms with Gasteiger partial charge in [0.15, 0.2) is 0 Å². The van der Waals surface area contributed by atoms with Crippen molar-refractivity contribution in [2.24, 2.45) is 0 Å². The molecule has 0 bridgehead atoms. The van der Waals surface area contributed by atoms with E-state index in [1.54, 1.807) is 0 Å². The van der Waals surface area contributed by atoms with Crippen LogP contribution in [0.4, 0.5) is 0 Å². The van der Waals surface area contributed by atoms with Gasteiger partial charge in [0.2, 0.25) is 0 Å². The van der Waals surface area contributed by atoms with Crippen LogP contribution >= 0.6 is 0 Å². The van der Waals surface area contributed by atoms with Gasteiger partial charge in [-0.1, -0.05) is 0 Å². The monoisotopic (exact) mass is 112 g/mol. The second kappa shape index (κ2) is 3.11. The fourth-order valence-corrected chi connectivity index (χ4v) is 1.13. The van der Waals surface area contributed by atoms with Gasteiger partial charge in [0, 0.05) is 0 Å². The van der Waals surface area contributed by atoms with Crippen LogP contribution in [-0.2, 0) is 0 Å². The van der Waals surface area contributed by atoms with Crippen molar-refractivity contribution in [3.63, 3.8) is 0 Å². The third-order valence-corrected chi connectivity index (χ3v) is 1.66. The van der Waals surface area contributed by atoms with Crippen molar-refractivity contribution < 1.29 is 0 Å². The van der Waals surface area contributed by atoms with Crippen LogP contribution in [-0.4, -0.2) is 53.9 Å². The standard InChI is InChI=1S/C2B8/c3-1-2(5-9-7-3)6-10-8-4-1. The van der Waals surface area contributed by atoms with Gasteiger partial charge in [0.05, 0.1) is 0 Å². The van der Waals surface area contributed by atoms with Gasteiger partial charge >= 0.3 is 64.3 Å². The molecule has 0 saturated heterocycles. The maximum absolute atomic E-state index is 2.12. The third-order valence-electron chi connectivity index (χ3n) is 1.66. The first-order chi connectivity index (χ1) is 4.97. The molecule has 0 fully saturated rings. The first-order valence-corrected chi connectivity index (χ1v) is 3.40. The fourth-order valence-electron chi connectivity index (χ4n) is 1.13. The fraction of sp³-hybridized carbons (Fsp3) is 0. The van der Waals surface area contributed by atoms with Crippen molar-refractivity contribution in [2.45, 2.75) is 0 Å². The summed E-state index contributed by atoms with van der Waals surface area (Å²) in [6.45, 7) is 16.7. The van der Waals surface area contributed by atoms with Crippen molar-refractivity contribution in [1.29, 1.82) is 0 Å². The zero-order valence-electron chi connectivity index (χ0n) is 5.62. The minimum absolute atomic E-state index is 1.31. The Morgan fingerprint density at radius 3 is 1.10 bits per heavy atom. The molecule has 0 aromatic carbocycles. The van der Waals surface area contributed by atoms with E-state index in [0.717, 1.165) is 0 Å². The van der Waals surface area contributed by atoms with Crippen molar-refractivity contribution in [3.05, 3.63) is 0 Å².